The SMILES string of the molecule is CCC(C)(C)n1nnnc1C(c1ccc(O)c(OC)c1)[NH+]1CCN(c2nc3ccccc3s2)CC1. The molecular weight excluding hydrogens is 462 g/mol. The van der Waals surface area contributed by atoms with Gasteiger partial charge in [0.15, 0.2) is 22.7 Å². The largest absolute Gasteiger partial charge is 0.504 e. The van der Waals surface area contributed by atoms with Crippen molar-refractivity contribution in [3.05, 3.63) is 53.9 Å². The quantitative estimate of drug-likeness (QED) is 0.408. The lowest BCUT2D eigenvalue weighted by Crippen LogP contribution is -3.15. The first-order chi connectivity index (χ1) is 16.9. The fraction of sp³-hybridized carbons (Fsp3) is 0.440. The number of aromatic hydroxyl groups is 1. The number of ether oxygens (including phenoxy) is 1. The molecule has 0 bridgehead atoms. The number of quaternary nitrogens is 1. The van der Waals surface area contributed by atoms with Crippen LogP contribution < -0.4 is 14.5 Å². The molecule has 1 aliphatic rings. The van der Waals surface area contributed by atoms with Gasteiger partial charge in [-0.3, -0.25) is 0 Å². The number of hydrogen-bond acceptors (Lipinski definition) is 8. The number of anilines is 1. The van der Waals surface area contributed by atoms with Crippen molar-refractivity contribution in [2.75, 3.05) is 38.2 Å². The Hall–Kier alpha value is -3.24. The normalized spacial score (nSPS) is 16.1. The molecule has 1 saturated heterocycles. The van der Waals surface area contributed by atoms with Gasteiger partial charge in [0.1, 0.15) is 0 Å². The van der Waals surface area contributed by atoms with Crippen LogP contribution in [0, 0.1) is 0 Å². The molecule has 5 rings (SSSR count). The number of nitrogens with zero attached hydrogens (tertiary/aromatic N) is 6. The number of phenols is 1. The van der Waals surface area contributed by atoms with Gasteiger partial charge in [-0.05, 0) is 61.0 Å². The van der Waals surface area contributed by atoms with E-state index in [0.717, 1.165) is 54.6 Å². The number of para-hydroxylation sites is 1. The molecule has 0 aliphatic carbocycles. The number of aromatic nitrogens is 5. The molecule has 1 unspecified atom stereocenters. The summed E-state index contributed by atoms with van der Waals surface area (Å²) in [4.78, 5) is 8.61. The molecule has 2 aromatic carbocycles. The third-order valence-electron chi connectivity index (χ3n) is 7.09. The van der Waals surface area contributed by atoms with Crippen LogP contribution in [0.2, 0.25) is 0 Å². The maximum Gasteiger partial charge on any atom is 0.214 e. The zero-order valence-corrected chi connectivity index (χ0v) is 21.4. The number of tetrazole rings is 1. The molecular formula is C25H32N7O2S+. The lowest BCUT2D eigenvalue weighted by molar-refractivity contribution is -0.927. The van der Waals surface area contributed by atoms with Gasteiger partial charge in [-0.1, -0.05) is 30.4 Å². The van der Waals surface area contributed by atoms with E-state index < -0.39 is 0 Å². The van der Waals surface area contributed by atoms with Crippen molar-refractivity contribution in [1.82, 2.24) is 25.2 Å². The number of benzene rings is 2. The minimum absolute atomic E-state index is 0.0946. The predicted octanol–water partition coefficient (Wildman–Crippen LogP) is 2.64. The van der Waals surface area contributed by atoms with Crippen LogP contribution in [0.1, 0.15) is 44.6 Å². The number of fused-ring (bicyclic) bond motifs is 1. The summed E-state index contributed by atoms with van der Waals surface area (Å²) in [5, 5.41) is 24.3. The average Bonchev–Trinajstić information content (AvgIpc) is 3.53. The van der Waals surface area contributed by atoms with E-state index in [1.54, 1.807) is 24.5 Å². The number of methoxy groups -OCH3 is 1. The summed E-state index contributed by atoms with van der Waals surface area (Å²) in [5.74, 6) is 1.40. The second kappa shape index (κ2) is 9.43. The van der Waals surface area contributed by atoms with Crippen molar-refractivity contribution in [3.8, 4) is 11.5 Å². The summed E-state index contributed by atoms with van der Waals surface area (Å²) in [6.07, 6.45) is 0.900. The first-order valence-corrected chi connectivity index (χ1v) is 12.8. The monoisotopic (exact) mass is 494 g/mol. The molecule has 0 radical (unpaired) electrons. The third-order valence-corrected chi connectivity index (χ3v) is 8.19. The second-order valence-electron chi connectivity index (χ2n) is 9.59. The number of phenolic OH excluding ortho intramolecular Hbond substituents is 1. The van der Waals surface area contributed by atoms with E-state index in [2.05, 4.69) is 59.4 Å². The fourth-order valence-corrected chi connectivity index (χ4v) is 5.68. The van der Waals surface area contributed by atoms with Crippen LogP contribution in [0.3, 0.4) is 0 Å². The molecule has 9 nitrogen and oxygen atoms in total. The highest BCUT2D eigenvalue weighted by molar-refractivity contribution is 7.22. The molecule has 1 aliphatic heterocycles. The van der Waals surface area contributed by atoms with E-state index in [1.165, 1.54) is 9.60 Å². The molecule has 2 N–H and O–H groups in total. The molecule has 1 fully saturated rings. The zero-order valence-electron chi connectivity index (χ0n) is 20.6. The maximum atomic E-state index is 10.2. The Morgan fingerprint density at radius 1 is 1.17 bits per heavy atom. The molecule has 0 saturated carbocycles. The van der Waals surface area contributed by atoms with Crippen LogP contribution in [-0.2, 0) is 5.54 Å². The van der Waals surface area contributed by atoms with Crippen LogP contribution in [0.4, 0.5) is 5.13 Å². The second-order valence-corrected chi connectivity index (χ2v) is 10.6. The van der Waals surface area contributed by atoms with Crippen molar-refractivity contribution in [3.63, 3.8) is 0 Å². The summed E-state index contributed by atoms with van der Waals surface area (Å²) in [6, 6.07) is 13.7. The molecule has 0 spiro atoms. The standard InChI is InChI=1S/C25H31N7O2S/c1-5-25(2,3)32-23(27-28-29-32)22(17-10-11-19(33)20(16-17)34-4)30-12-14-31(15-13-30)24-26-18-8-6-7-9-21(18)35-24/h6-11,16,22,33H,5,12-15H2,1-4H3/p+1. The first-order valence-electron chi connectivity index (χ1n) is 12.0. The van der Waals surface area contributed by atoms with E-state index in [4.69, 9.17) is 9.72 Å². The minimum atomic E-state index is -0.222. The number of rotatable bonds is 7. The smallest absolute Gasteiger partial charge is 0.214 e. The van der Waals surface area contributed by atoms with Gasteiger partial charge >= 0.3 is 0 Å². The van der Waals surface area contributed by atoms with Gasteiger partial charge in [0.2, 0.25) is 5.82 Å². The molecule has 2 aromatic heterocycles. The molecule has 35 heavy (non-hydrogen) atoms. The van der Waals surface area contributed by atoms with E-state index in [9.17, 15) is 5.11 Å². The molecule has 4 aromatic rings. The lowest BCUT2D eigenvalue weighted by Gasteiger charge is -2.37. The Labute approximate surface area is 209 Å². The Bertz CT molecular complexity index is 1280. The summed E-state index contributed by atoms with van der Waals surface area (Å²) in [7, 11) is 1.57. The third kappa shape index (κ3) is 4.43. The van der Waals surface area contributed by atoms with Gasteiger partial charge < -0.3 is 19.6 Å². The Morgan fingerprint density at radius 2 is 1.94 bits per heavy atom. The van der Waals surface area contributed by atoms with E-state index in [-0.39, 0.29) is 17.3 Å². The van der Waals surface area contributed by atoms with Gasteiger partial charge in [0, 0.05) is 5.56 Å². The highest BCUT2D eigenvalue weighted by atomic mass is 32.1. The molecule has 3 heterocycles. The Morgan fingerprint density at radius 3 is 2.66 bits per heavy atom. The van der Waals surface area contributed by atoms with Crippen LogP contribution in [0.25, 0.3) is 10.2 Å². The van der Waals surface area contributed by atoms with Crippen molar-refractivity contribution in [2.24, 2.45) is 0 Å². The van der Waals surface area contributed by atoms with Crippen molar-refractivity contribution >= 4 is 26.7 Å². The number of nitrogens with one attached hydrogen (secondary N) is 1. The molecule has 0 amide bonds. The van der Waals surface area contributed by atoms with Gasteiger partial charge in [0.05, 0.1) is 49.0 Å². The van der Waals surface area contributed by atoms with Crippen molar-refractivity contribution in [2.45, 2.75) is 38.8 Å². The number of hydrogen-bond donors (Lipinski definition) is 2. The van der Waals surface area contributed by atoms with E-state index in [1.807, 2.05) is 22.9 Å². The van der Waals surface area contributed by atoms with E-state index in [0.29, 0.717) is 5.75 Å². The van der Waals surface area contributed by atoms with Gasteiger partial charge in [-0.25, -0.2) is 9.67 Å². The van der Waals surface area contributed by atoms with Crippen LogP contribution in [-0.4, -0.2) is 63.6 Å². The maximum absolute atomic E-state index is 10.2. The van der Waals surface area contributed by atoms with Crippen LogP contribution in [0.15, 0.2) is 42.5 Å². The van der Waals surface area contributed by atoms with Gasteiger partial charge in [-0.15, -0.1) is 5.10 Å². The highest BCUT2D eigenvalue weighted by Crippen LogP contribution is 2.32. The first kappa shape index (κ1) is 23.5. The average molecular weight is 495 g/mol. The molecule has 1 atom stereocenters. The van der Waals surface area contributed by atoms with Crippen LogP contribution >= 0.6 is 11.3 Å². The van der Waals surface area contributed by atoms with Gasteiger partial charge in [-0.2, -0.15) is 0 Å². The van der Waals surface area contributed by atoms with Crippen molar-refractivity contribution < 1.29 is 14.7 Å². The van der Waals surface area contributed by atoms with E-state index >= 15 is 0 Å². The van der Waals surface area contributed by atoms with Crippen molar-refractivity contribution in [1.29, 1.82) is 0 Å². The molecule has 10 heteroatoms. The number of thiazole rings is 1. The topological polar surface area (TPSA) is 93.6 Å². The summed E-state index contributed by atoms with van der Waals surface area (Å²) < 4.78 is 8.61. The van der Waals surface area contributed by atoms with Gasteiger partial charge in [0.25, 0.3) is 0 Å². The minimum Gasteiger partial charge on any atom is -0.504 e. The summed E-state index contributed by atoms with van der Waals surface area (Å²) >= 11 is 1.75. The van der Waals surface area contributed by atoms with Crippen LogP contribution in [0.5, 0.6) is 11.5 Å². The Balaban J connectivity index is 1.47. The fourth-order valence-electron chi connectivity index (χ4n) is 4.67. The lowest BCUT2D eigenvalue weighted by atomic mass is 9.98. The summed E-state index contributed by atoms with van der Waals surface area (Å²) in [5.41, 5.74) is 1.85. The predicted molar refractivity (Wildman–Crippen MR) is 136 cm³/mol. The highest BCUT2D eigenvalue weighted by Gasteiger charge is 2.37. The zero-order chi connectivity index (χ0) is 24.6. The molecule has 184 valence electrons. The number of piperazine rings is 1. The Kier molecular flexibility index (Phi) is 6.33. The summed E-state index contributed by atoms with van der Waals surface area (Å²) in [6.45, 7) is 10.0.